The van der Waals surface area contributed by atoms with Crippen LogP contribution >= 0.6 is 8.58 Å². The first-order valence-corrected chi connectivity index (χ1v) is 4.27. The molecule has 0 aromatic rings. The molecule has 0 nitrogen and oxygen atoms in total. The molecular formula is C6H13P. The second-order valence-electron chi connectivity index (χ2n) is 1.81. The Labute approximate surface area is 47.8 Å². The maximum absolute atomic E-state index is 3.80. The van der Waals surface area contributed by atoms with Crippen LogP contribution in [0.15, 0.2) is 12.2 Å². The van der Waals surface area contributed by atoms with Gasteiger partial charge in [-0.05, 0) is 26.2 Å². The van der Waals surface area contributed by atoms with Crippen molar-refractivity contribution in [1.82, 2.24) is 0 Å². The minimum absolute atomic E-state index is 1.09. The van der Waals surface area contributed by atoms with Crippen LogP contribution in [0.4, 0.5) is 0 Å². The van der Waals surface area contributed by atoms with E-state index in [2.05, 4.69) is 20.2 Å². The minimum atomic E-state index is 1.09. The Morgan fingerprint density at radius 3 is 2.43 bits per heavy atom. The van der Waals surface area contributed by atoms with Crippen LogP contribution in [0.1, 0.15) is 13.3 Å². The highest BCUT2D eigenvalue weighted by molar-refractivity contribution is 7.36. The number of hydrogen-bond acceptors (Lipinski definition) is 0. The van der Waals surface area contributed by atoms with Crippen molar-refractivity contribution in [2.24, 2.45) is 0 Å². The topological polar surface area (TPSA) is 0 Å². The highest BCUT2D eigenvalue weighted by Gasteiger charge is 1.80. The van der Waals surface area contributed by atoms with Gasteiger partial charge in [0, 0.05) is 0 Å². The molecule has 1 heteroatoms. The summed E-state index contributed by atoms with van der Waals surface area (Å²) in [7, 11) is 1.09. The fourth-order valence-corrected chi connectivity index (χ4v) is 1.02. The monoisotopic (exact) mass is 116 g/mol. The molecule has 0 N–H and O–H groups in total. The first-order chi connectivity index (χ1) is 3.27. The average Bonchev–Trinajstić information content (AvgIpc) is 1.61. The van der Waals surface area contributed by atoms with Gasteiger partial charge in [-0.3, -0.25) is 0 Å². The molecular weight excluding hydrogens is 103 g/mol. The van der Waals surface area contributed by atoms with E-state index in [0.29, 0.717) is 0 Å². The lowest BCUT2D eigenvalue weighted by atomic mass is 10.3. The molecule has 7 heavy (non-hydrogen) atoms. The zero-order valence-corrected chi connectivity index (χ0v) is 6.12. The van der Waals surface area contributed by atoms with E-state index in [1.807, 2.05) is 0 Å². The molecule has 0 radical (unpaired) electrons. The van der Waals surface area contributed by atoms with Crippen LogP contribution in [0.3, 0.4) is 0 Å². The van der Waals surface area contributed by atoms with Crippen LogP contribution in [0, 0.1) is 0 Å². The van der Waals surface area contributed by atoms with Gasteiger partial charge in [0.2, 0.25) is 0 Å². The molecule has 0 saturated carbocycles. The van der Waals surface area contributed by atoms with E-state index >= 15 is 0 Å². The number of hydrogen-bond donors (Lipinski definition) is 0. The molecule has 0 aliphatic carbocycles. The predicted octanol–water partition coefficient (Wildman–Crippen LogP) is 2.26. The summed E-state index contributed by atoms with van der Waals surface area (Å²) in [5, 5.41) is 0. The van der Waals surface area contributed by atoms with Gasteiger partial charge in [-0.1, -0.05) is 5.57 Å². The van der Waals surface area contributed by atoms with Gasteiger partial charge >= 0.3 is 0 Å². The summed E-state index contributed by atoms with van der Waals surface area (Å²) in [4.78, 5) is 0. The van der Waals surface area contributed by atoms with E-state index in [-0.39, 0.29) is 0 Å². The van der Waals surface area contributed by atoms with Gasteiger partial charge in [-0.2, -0.15) is 0 Å². The highest BCUT2D eigenvalue weighted by Crippen LogP contribution is 2.07. The molecule has 1 unspecified atom stereocenters. The highest BCUT2D eigenvalue weighted by atomic mass is 31.1. The fraction of sp³-hybridized carbons (Fsp3) is 0.667. The lowest BCUT2D eigenvalue weighted by molar-refractivity contribution is 1.12. The molecule has 0 bridgehead atoms. The van der Waals surface area contributed by atoms with Gasteiger partial charge in [0.1, 0.15) is 0 Å². The zero-order chi connectivity index (χ0) is 5.70. The molecule has 0 aliphatic rings. The fourth-order valence-electron chi connectivity index (χ4n) is 0.338. The van der Waals surface area contributed by atoms with Crippen molar-refractivity contribution in [1.29, 1.82) is 0 Å². The lowest BCUT2D eigenvalue weighted by Gasteiger charge is -1.92. The van der Waals surface area contributed by atoms with Crippen molar-refractivity contribution < 1.29 is 0 Å². The maximum atomic E-state index is 3.80. The summed E-state index contributed by atoms with van der Waals surface area (Å²) in [6, 6.07) is 0. The van der Waals surface area contributed by atoms with Crippen LogP contribution in [-0.2, 0) is 0 Å². The Balaban J connectivity index is 2.82. The smallest absolute Gasteiger partial charge is 0.0289 e. The average molecular weight is 116 g/mol. The van der Waals surface area contributed by atoms with Crippen molar-refractivity contribution in [2.45, 2.75) is 13.3 Å². The summed E-state index contributed by atoms with van der Waals surface area (Å²) >= 11 is 0. The molecule has 0 rings (SSSR count). The van der Waals surface area contributed by atoms with Crippen LogP contribution < -0.4 is 0 Å². The summed E-state index contributed by atoms with van der Waals surface area (Å²) in [6.07, 6.45) is 2.55. The van der Waals surface area contributed by atoms with Crippen molar-refractivity contribution in [3.05, 3.63) is 12.2 Å². The summed E-state index contributed by atoms with van der Waals surface area (Å²) in [6.45, 7) is 8.11. The SMILES string of the molecule is C=C(C)CCPC. The standard InChI is InChI=1S/C6H13P/c1-6(2)4-5-7-3/h7H,1,4-5H2,2-3H3. The Morgan fingerprint density at radius 2 is 2.29 bits per heavy atom. The largest absolute Gasteiger partial charge is 0.125 e. The second kappa shape index (κ2) is 4.33. The first-order valence-electron chi connectivity index (χ1n) is 2.56. The van der Waals surface area contributed by atoms with Crippen LogP contribution in [0.25, 0.3) is 0 Å². The Bertz CT molecular complexity index is 57.2. The van der Waals surface area contributed by atoms with E-state index in [1.165, 1.54) is 18.2 Å². The second-order valence-corrected chi connectivity index (χ2v) is 3.02. The third-order valence-electron chi connectivity index (χ3n) is 0.802. The van der Waals surface area contributed by atoms with Crippen molar-refractivity contribution in [3.63, 3.8) is 0 Å². The van der Waals surface area contributed by atoms with Crippen LogP contribution in [0.2, 0.25) is 0 Å². The molecule has 0 aromatic carbocycles. The first kappa shape index (κ1) is 7.17. The third-order valence-corrected chi connectivity index (χ3v) is 1.55. The molecule has 0 fully saturated rings. The molecule has 42 valence electrons. The van der Waals surface area contributed by atoms with Gasteiger partial charge in [-0.25, -0.2) is 0 Å². The molecule has 0 saturated heterocycles. The van der Waals surface area contributed by atoms with E-state index in [4.69, 9.17) is 0 Å². The van der Waals surface area contributed by atoms with Gasteiger partial charge < -0.3 is 0 Å². The quantitative estimate of drug-likeness (QED) is 0.392. The van der Waals surface area contributed by atoms with Gasteiger partial charge in [0.05, 0.1) is 0 Å². The van der Waals surface area contributed by atoms with Crippen LogP contribution in [0.5, 0.6) is 0 Å². The Hall–Kier alpha value is 0.170. The Kier molecular flexibility index (Phi) is 4.44. The van der Waals surface area contributed by atoms with Crippen LogP contribution in [-0.4, -0.2) is 12.8 Å². The van der Waals surface area contributed by atoms with Crippen molar-refractivity contribution >= 4 is 8.58 Å². The van der Waals surface area contributed by atoms with Gasteiger partial charge in [-0.15, -0.1) is 15.2 Å². The van der Waals surface area contributed by atoms with E-state index in [0.717, 1.165) is 8.58 Å². The normalized spacial score (nSPS) is 10.6. The van der Waals surface area contributed by atoms with Crippen molar-refractivity contribution in [2.75, 3.05) is 12.8 Å². The number of rotatable bonds is 3. The van der Waals surface area contributed by atoms with Gasteiger partial charge in [0.25, 0.3) is 0 Å². The van der Waals surface area contributed by atoms with Gasteiger partial charge in [0.15, 0.2) is 0 Å². The molecule has 0 aromatic heterocycles. The molecule has 0 aliphatic heterocycles. The maximum Gasteiger partial charge on any atom is -0.0289 e. The van der Waals surface area contributed by atoms with Crippen molar-refractivity contribution in [3.8, 4) is 0 Å². The van der Waals surface area contributed by atoms with E-state index < -0.39 is 0 Å². The predicted molar refractivity (Wildman–Crippen MR) is 38.5 cm³/mol. The molecule has 0 amide bonds. The zero-order valence-electron chi connectivity index (χ0n) is 5.12. The van der Waals surface area contributed by atoms with E-state index in [9.17, 15) is 0 Å². The molecule has 0 spiro atoms. The minimum Gasteiger partial charge on any atom is -0.125 e. The summed E-state index contributed by atoms with van der Waals surface area (Å²) < 4.78 is 0. The summed E-state index contributed by atoms with van der Waals surface area (Å²) in [5.41, 5.74) is 1.31. The molecule has 0 heterocycles. The third kappa shape index (κ3) is 6.17. The molecule has 1 atom stereocenters. The Morgan fingerprint density at radius 1 is 1.71 bits per heavy atom. The van der Waals surface area contributed by atoms with E-state index in [1.54, 1.807) is 0 Å². The summed E-state index contributed by atoms with van der Waals surface area (Å²) in [5.74, 6) is 0. The number of allylic oxidation sites excluding steroid dienone is 1. The lowest BCUT2D eigenvalue weighted by Crippen LogP contribution is -1.74.